The topological polar surface area (TPSA) is 20.3 Å². The molecule has 0 atom stereocenters. The van der Waals surface area contributed by atoms with Crippen LogP contribution in [0.15, 0.2) is 18.2 Å². The molecule has 0 saturated carbocycles. The second-order valence-corrected chi connectivity index (χ2v) is 4.46. The minimum Gasteiger partial charge on any atom is -0.302 e. The summed E-state index contributed by atoms with van der Waals surface area (Å²) in [5, 5.41) is 0.683. The van der Waals surface area contributed by atoms with Gasteiger partial charge in [0.15, 0.2) is 5.78 Å². The second-order valence-electron chi connectivity index (χ2n) is 4.05. The quantitative estimate of drug-likeness (QED) is 0.784. The normalized spacial score (nSPS) is 10.7. The van der Waals surface area contributed by atoms with Gasteiger partial charge in [-0.25, -0.2) is 0 Å². The summed E-state index contributed by atoms with van der Waals surface area (Å²) in [6.45, 7) is 2.45. The van der Waals surface area contributed by atoms with Gasteiger partial charge in [-0.1, -0.05) is 23.7 Å². The highest BCUT2D eigenvalue weighted by Gasteiger charge is 2.07. The first-order chi connectivity index (χ1) is 6.99. The Morgan fingerprint density at radius 2 is 2.07 bits per heavy atom. The number of Topliss-reactive ketones (excluding diaryl/α,β-unsaturated/α-hetero) is 1. The average Bonchev–Trinajstić information content (AvgIpc) is 2.08. The highest BCUT2D eigenvalue weighted by Crippen LogP contribution is 2.18. The summed E-state index contributed by atoms with van der Waals surface area (Å²) in [6, 6.07) is 5.79. The maximum absolute atomic E-state index is 11.6. The number of rotatable bonds is 4. The van der Waals surface area contributed by atoms with E-state index in [-0.39, 0.29) is 5.78 Å². The zero-order chi connectivity index (χ0) is 11.4. The van der Waals surface area contributed by atoms with Gasteiger partial charge in [0.05, 0.1) is 6.54 Å². The molecule has 0 radical (unpaired) electrons. The highest BCUT2D eigenvalue weighted by molar-refractivity contribution is 6.31. The first-order valence-electron chi connectivity index (χ1n) is 4.90. The number of carbonyl (C=O) groups is 1. The fraction of sp³-hybridized carbons (Fsp3) is 0.417. The van der Waals surface area contributed by atoms with Crippen LogP contribution in [0.1, 0.15) is 11.1 Å². The molecule has 0 saturated heterocycles. The molecule has 0 fully saturated rings. The van der Waals surface area contributed by atoms with Crippen LogP contribution in [-0.2, 0) is 11.2 Å². The van der Waals surface area contributed by atoms with Crippen LogP contribution in [0, 0.1) is 6.92 Å². The lowest BCUT2D eigenvalue weighted by molar-refractivity contribution is -0.119. The van der Waals surface area contributed by atoms with E-state index in [9.17, 15) is 4.79 Å². The van der Waals surface area contributed by atoms with Gasteiger partial charge in [0, 0.05) is 11.4 Å². The van der Waals surface area contributed by atoms with Crippen molar-refractivity contribution >= 4 is 17.4 Å². The van der Waals surface area contributed by atoms with Gasteiger partial charge in [-0.15, -0.1) is 0 Å². The number of carbonyl (C=O) groups excluding carboxylic acids is 1. The smallest absolute Gasteiger partial charge is 0.151 e. The lowest BCUT2D eigenvalue weighted by Gasteiger charge is -2.09. The summed E-state index contributed by atoms with van der Waals surface area (Å²) < 4.78 is 0. The third-order valence-corrected chi connectivity index (χ3v) is 2.44. The third-order valence-electron chi connectivity index (χ3n) is 2.09. The van der Waals surface area contributed by atoms with Gasteiger partial charge < -0.3 is 4.90 Å². The molecule has 2 nitrogen and oxygen atoms in total. The molecule has 0 amide bonds. The molecule has 0 aliphatic heterocycles. The first kappa shape index (κ1) is 12.2. The number of aryl methyl sites for hydroxylation is 1. The van der Waals surface area contributed by atoms with Crippen LogP contribution in [0.2, 0.25) is 5.02 Å². The van der Waals surface area contributed by atoms with Crippen molar-refractivity contribution < 1.29 is 4.79 Å². The maximum atomic E-state index is 11.6. The van der Waals surface area contributed by atoms with Crippen LogP contribution in [0.5, 0.6) is 0 Å². The van der Waals surface area contributed by atoms with E-state index in [4.69, 9.17) is 11.6 Å². The second kappa shape index (κ2) is 5.29. The van der Waals surface area contributed by atoms with E-state index in [1.807, 2.05) is 44.1 Å². The molecule has 82 valence electrons. The Morgan fingerprint density at radius 1 is 1.40 bits per heavy atom. The van der Waals surface area contributed by atoms with E-state index in [0.717, 1.165) is 11.1 Å². The van der Waals surface area contributed by atoms with Crippen molar-refractivity contribution in [3.63, 3.8) is 0 Å². The zero-order valence-electron chi connectivity index (χ0n) is 9.38. The number of hydrogen-bond donors (Lipinski definition) is 0. The molecule has 0 unspecified atom stereocenters. The Labute approximate surface area is 95.8 Å². The van der Waals surface area contributed by atoms with Gasteiger partial charge in [-0.2, -0.15) is 0 Å². The van der Waals surface area contributed by atoms with Crippen LogP contribution < -0.4 is 0 Å². The number of nitrogens with zero attached hydrogens (tertiary/aromatic N) is 1. The largest absolute Gasteiger partial charge is 0.302 e. The minimum atomic E-state index is 0.186. The SMILES string of the molecule is Cc1ccc(CC(=O)CN(C)C)c(Cl)c1. The van der Waals surface area contributed by atoms with Crippen molar-refractivity contribution in [2.45, 2.75) is 13.3 Å². The Morgan fingerprint density at radius 3 is 2.60 bits per heavy atom. The lowest BCUT2D eigenvalue weighted by Crippen LogP contribution is -2.23. The van der Waals surface area contributed by atoms with Crippen molar-refractivity contribution in [1.29, 1.82) is 0 Å². The summed E-state index contributed by atoms with van der Waals surface area (Å²) in [6.07, 6.45) is 0.414. The number of likely N-dealkylation sites (N-methyl/N-ethyl adjacent to an activating group) is 1. The fourth-order valence-electron chi connectivity index (χ4n) is 1.42. The third kappa shape index (κ3) is 4.02. The van der Waals surface area contributed by atoms with E-state index >= 15 is 0 Å². The fourth-order valence-corrected chi connectivity index (χ4v) is 1.72. The van der Waals surface area contributed by atoms with Crippen LogP contribution in [-0.4, -0.2) is 31.3 Å². The van der Waals surface area contributed by atoms with E-state index < -0.39 is 0 Å². The van der Waals surface area contributed by atoms with Crippen molar-refractivity contribution in [3.8, 4) is 0 Å². The summed E-state index contributed by atoms with van der Waals surface area (Å²) >= 11 is 6.04. The van der Waals surface area contributed by atoms with E-state index in [1.54, 1.807) is 0 Å². The van der Waals surface area contributed by atoms with Gasteiger partial charge in [0.2, 0.25) is 0 Å². The van der Waals surface area contributed by atoms with Crippen molar-refractivity contribution in [2.75, 3.05) is 20.6 Å². The summed E-state index contributed by atoms with van der Waals surface area (Å²) in [5.41, 5.74) is 2.03. The molecule has 0 spiro atoms. The molecule has 1 rings (SSSR count). The number of halogens is 1. The van der Waals surface area contributed by atoms with Crippen LogP contribution in [0.25, 0.3) is 0 Å². The van der Waals surface area contributed by atoms with Crippen molar-refractivity contribution in [1.82, 2.24) is 4.90 Å². The Kier molecular flexibility index (Phi) is 4.30. The molecule has 0 N–H and O–H groups in total. The summed E-state index contributed by atoms with van der Waals surface area (Å²) in [7, 11) is 3.77. The highest BCUT2D eigenvalue weighted by atomic mass is 35.5. The molecule has 1 aromatic rings. The zero-order valence-corrected chi connectivity index (χ0v) is 10.1. The Hall–Kier alpha value is -0.860. The molecular formula is C12H16ClNO. The minimum absolute atomic E-state index is 0.186. The van der Waals surface area contributed by atoms with E-state index in [2.05, 4.69) is 0 Å². The monoisotopic (exact) mass is 225 g/mol. The van der Waals surface area contributed by atoms with Gasteiger partial charge in [0.25, 0.3) is 0 Å². The van der Waals surface area contributed by atoms with Crippen molar-refractivity contribution in [3.05, 3.63) is 34.3 Å². The molecule has 0 aliphatic rings. The lowest BCUT2D eigenvalue weighted by atomic mass is 10.1. The molecule has 0 aliphatic carbocycles. The van der Waals surface area contributed by atoms with Crippen LogP contribution >= 0.6 is 11.6 Å². The Bertz CT molecular complexity index is 361. The molecule has 1 aromatic carbocycles. The van der Waals surface area contributed by atoms with E-state index in [1.165, 1.54) is 0 Å². The molecule has 0 aromatic heterocycles. The van der Waals surface area contributed by atoms with Crippen molar-refractivity contribution in [2.24, 2.45) is 0 Å². The predicted octanol–water partition coefficient (Wildman–Crippen LogP) is 2.32. The van der Waals surface area contributed by atoms with Gasteiger partial charge >= 0.3 is 0 Å². The van der Waals surface area contributed by atoms with Gasteiger partial charge in [0.1, 0.15) is 0 Å². The maximum Gasteiger partial charge on any atom is 0.151 e. The van der Waals surface area contributed by atoms with E-state index in [0.29, 0.717) is 18.0 Å². The summed E-state index contributed by atoms with van der Waals surface area (Å²) in [4.78, 5) is 13.4. The number of benzene rings is 1. The molecule has 3 heteroatoms. The average molecular weight is 226 g/mol. The molecule has 0 heterocycles. The van der Waals surface area contributed by atoms with Gasteiger partial charge in [-0.05, 0) is 38.2 Å². The Balaban J connectivity index is 2.68. The molecule has 15 heavy (non-hydrogen) atoms. The summed E-state index contributed by atoms with van der Waals surface area (Å²) in [5.74, 6) is 0.186. The molecular weight excluding hydrogens is 210 g/mol. The first-order valence-corrected chi connectivity index (χ1v) is 5.28. The van der Waals surface area contributed by atoms with Crippen LogP contribution in [0.4, 0.5) is 0 Å². The predicted molar refractivity (Wildman–Crippen MR) is 63.5 cm³/mol. The standard InChI is InChI=1S/C12H16ClNO/c1-9-4-5-10(12(13)6-9)7-11(15)8-14(2)3/h4-6H,7-8H2,1-3H3. The number of ketones is 1. The molecule has 0 bridgehead atoms. The van der Waals surface area contributed by atoms with Crippen LogP contribution in [0.3, 0.4) is 0 Å². The number of hydrogen-bond acceptors (Lipinski definition) is 2. The van der Waals surface area contributed by atoms with Gasteiger partial charge in [-0.3, -0.25) is 4.79 Å².